The average Bonchev–Trinajstić information content (AvgIpc) is 2.27. The van der Waals surface area contributed by atoms with Gasteiger partial charge in [0.15, 0.2) is 0 Å². The van der Waals surface area contributed by atoms with E-state index in [0.717, 1.165) is 0 Å². The standard InChI is InChI=1S/C9H5F11O/c1-2-3-6(13,14)7(15,16)8(17,18)9(19,20)21-5(12)4(10)11/h2H,1,3H2. The number of ether oxygens (including phenoxy) is 1. The van der Waals surface area contributed by atoms with E-state index in [1.165, 1.54) is 0 Å². The Morgan fingerprint density at radius 2 is 1.29 bits per heavy atom. The van der Waals surface area contributed by atoms with Crippen LogP contribution in [0.1, 0.15) is 6.42 Å². The van der Waals surface area contributed by atoms with Crippen LogP contribution in [0.15, 0.2) is 24.7 Å². The second-order valence-electron chi connectivity index (χ2n) is 3.50. The van der Waals surface area contributed by atoms with Crippen molar-refractivity contribution in [3.05, 3.63) is 24.7 Å². The third-order valence-corrected chi connectivity index (χ3v) is 1.99. The van der Waals surface area contributed by atoms with Gasteiger partial charge in [0.05, 0.1) is 0 Å². The molecule has 0 aromatic heterocycles. The number of hydrogen-bond acceptors (Lipinski definition) is 1. The molecule has 0 aromatic carbocycles. The molecule has 0 aliphatic heterocycles. The van der Waals surface area contributed by atoms with Crippen LogP contribution >= 0.6 is 0 Å². The van der Waals surface area contributed by atoms with Gasteiger partial charge in [0, 0.05) is 6.42 Å². The number of allylic oxidation sites excluding steroid dienone is 1. The molecule has 0 aliphatic carbocycles. The number of hydrogen-bond donors (Lipinski definition) is 0. The summed E-state index contributed by atoms with van der Waals surface area (Å²) in [7, 11) is 0. The lowest BCUT2D eigenvalue weighted by Gasteiger charge is -2.35. The summed E-state index contributed by atoms with van der Waals surface area (Å²) in [6, 6.07) is -3.61. The van der Waals surface area contributed by atoms with Crippen molar-refractivity contribution < 1.29 is 53.0 Å². The highest BCUT2D eigenvalue weighted by Gasteiger charge is 2.82. The molecule has 0 atom stereocenters. The van der Waals surface area contributed by atoms with Gasteiger partial charge in [-0.3, -0.25) is 0 Å². The Hall–Kier alpha value is -1.49. The van der Waals surface area contributed by atoms with Crippen molar-refractivity contribution in [2.24, 2.45) is 0 Å². The van der Waals surface area contributed by atoms with Crippen LogP contribution in [-0.2, 0) is 4.74 Å². The van der Waals surface area contributed by atoms with E-state index in [-0.39, 0.29) is 6.08 Å². The molecule has 0 aromatic rings. The maximum atomic E-state index is 12.9. The molecule has 21 heavy (non-hydrogen) atoms. The summed E-state index contributed by atoms with van der Waals surface area (Å²) in [6.45, 7) is 2.53. The predicted octanol–water partition coefficient (Wildman–Crippen LogP) is 5.11. The SMILES string of the molecule is C=CCC(F)(F)C(F)(F)C(F)(F)C(F)(F)OC(F)=C(F)F. The van der Waals surface area contributed by atoms with Crippen LogP contribution in [0.3, 0.4) is 0 Å². The molecule has 0 N–H and O–H groups in total. The molecule has 0 saturated carbocycles. The van der Waals surface area contributed by atoms with E-state index in [4.69, 9.17) is 0 Å². The Morgan fingerprint density at radius 3 is 1.62 bits per heavy atom. The molecule has 0 radical (unpaired) electrons. The first kappa shape index (κ1) is 19.5. The zero-order valence-electron chi connectivity index (χ0n) is 9.56. The lowest BCUT2D eigenvalue weighted by atomic mass is 10.0. The molecule has 0 unspecified atom stereocenters. The van der Waals surface area contributed by atoms with Gasteiger partial charge in [-0.05, 0) is 0 Å². The van der Waals surface area contributed by atoms with Gasteiger partial charge in [-0.2, -0.15) is 48.3 Å². The minimum atomic E-state index is -7.00. The highest BCUT2D eigenvalue weighted by atomic mass is 19.4. The topological polar surface area (TPSA) is 9.23 Å². The van der Waals surface area contributed by atoms with E-state index in [0.29, 0.717) is 0 Å². The summed E-state index contributed by atoms with van der Waals surface area (Å²) in [5, 5.41) is 0. The number of rotatable bonds is 7. The Bertz CT molecular complexity index is 421. The molecule has 0 amide bonds. The molecular formula is C9H5F11O. The van der Waals surface area contributed by atoms with Crippen molar-refractivity contribution in [1.29, 1.82) is 0 Å². The fraction of sp³-hybridized carbons (Fsp3) is 0.556. The largest absolute Gasteiger partial charge is 0.472 e. The van der Waals surface area contributed by atoms with E-state index in [1.807, 2.05) is 0 Å². The first-order chi connectivity index (χ1) is 9.14. The normalized spacial score (nSPS) is 13.9. The zero-order chi connectivity index (χ0) is 17.3. The second-order valence-corrected chi connectivity index (χ2v) is 3.50. The van der Waals surface area contributed by atoms with Crippen molar-refractivity contribution in [2.75, 3.05) is 0 Å². The van der Waals surface area contributed by atoms with Gasteiger partial charge in [0.25, 0.3) is 0 Å². The summed E-state index contributed by atoms with van der Waals surface area (Å²) in [6.07, 6.45) is -12.5. The summed E-state index contributed by atoms with van der Waals surface area (Å²) in [5.41, 5.74) is 0. The molecule has 0 heterocycles. The first-order valence-corrected chi connectivity index (χ1v) is 4.66. The van der Waals surface area contributed by atoms with E-state index in [1.54, 1.807) is 0 Å². The van der Waals surface area contributed by atoms with Crippen LogP contribution in [0.5, 0.6) is 0 Å². The Kier molecular flexibility index (Phi) is 5.31. The molecular weight excluding hydrogens is 333 g/mol. The van der Waals surface area contributed by atoms with Crippen LogP contribution in [0, 0.1) is 0 Å². The quantitative estimate of drug-likeness (QED) is 0.356. The van der Waals surface area contributed by atoms with Crippen molar-refractivity contribution >= 4 is 0 Å². The van der Waals surface area contributed by atoms with Crippen molar-refractivity contribution in [3.63, 3.8) is 0 Å². The maximum absolute atomic E-state index is 12.9. The van der Waals surface area contributed by atoms with E-state index in [9.17, 15) is 48.3 Å². The molecule has 124 valence electrons. The third-order valence-electron chi connectivity index (χ3n) is 1.99. The Morgan fingerprint density at radius 1 is 0.857 bits per heavy atom. The summed E-state index contributed by atoms with van der Waals surface area (Å²) < 4.78 is 139. The van der Waals surface area contributed by atoms with E-state index >= 15 is 0 Å². The van der Waals surface area contributed by atoms with Gasteiger partial charge in [-0.15, -0.1) is 6.58 Å². The molecule has 0 saturated heterocycles. The van der Waals surface area contributed by atoms with E-state index in [2.05, 4.69) is 11.3 Å². The van der Waals surface area contributed by atoms with Gasteiger partial charge in [-0.1, -0.05) is 6.08 Å². The zero-order valence-corrected chi connectivity index (χ0v) is 9.56. The van der Waals surface area contributed by atoms with Crippen molar-refractivity contribution in [2.45, 2.75) is 30.3 Å². The van der Waals surface area contributed by atoms with Crippen LogP contribution in [0.4, 0.5) is 48.3 Å². The summed E-state index contributed by atoms with van der Waals surface area (Å²) >= 11 is 0. The highest BCUT2D eigenvalue weighted by molar-refractivity contribution is 5.03. The maximum Gasteiger partial charge on any atom is 0.472 e. The fourth-order valence-electron chi connectivity index (χ4n) is 0.937. The summed E-state index contributed by atoms with van der Waals surface area (Å²) in [5.74, 6) is -19.5. The lowest BCUT2D eigenvalue weighted by molar-refractivity contribution is -0.422. The first-order valence-electron chi connectivity index (χ1n) is 4.66. The van der Waals surface area contributed by atoms with Gasteiger partial charge < -0.3 is 4.74 Å². The van der Waals surface area contributed by atoms with E-state index < -0.39 is 42.4 Å². The fourth-order valence-corrected chi connectivity index (χ4v) is 0.937. The molecule has 1 nitrogen and oxygen atoms in total. The molecule has 0 bridgehead atoms. The molecule has 0 spiro atoms. The lowest BCUT2D eigenvalue weighted by Crippen LogP contribution is -2.62. The van der Waals surface area contributed by atoms with Crippen LogP contribution in [0.2, 0.25) is 0 Å². The molecule has 0 fully saturated rings. The monoisotopic (exact) mass is 338 g/mol. The minimum Gasteiger partial charge on any atom is -0.397 e. The summed E-state index contributed by atoms with van der Waals surface area (Å²) in [4.78, 5) is 0. The van der Waals surface area contributed by atoms with Crippen LogP contribution in [-0.4, -0.2) is 23.9 Å². The smallest absolute Gasteiger partial charge is 0.397 e. The Labute approximate surface area is 109 Å². The average molecular weight is 338 g/mol. The third kappa shape index (κ3) is 3.40. The molecule has 0 rings (SSSR count). The van der Waals surface area contributed by atoms with Gasteiger partial charge >= 0.3 is 36.0 Å². The second kappa shape index (κ2) is 5.72. The van der Waals surface area contributed by atoms with Gasteiger partial charge in [0.2, 0.25) is 0 Å². The number of alkyl halides is 8. The minimum absolute atomic E-state index is 0.0324. The van der Waals surface area contributed by atoms with Gasteiger partial charge in [0.1, 0.15) is 0 Å². The van der Waals surface area contributed by atoms with Crippen molar-refractivity contribution in [3.8, 4) is 0 Å². The van der Waals surface area contributed by atoms with Crippen molar-refractivity contribution in [1.82, 2.24) is 0 Å². The molecule has 0 aliphatic rings. The van der Waals surface area contributed by atoms with Crippen LogP contribution < -0.4 is 0 Å². The highest BCUT2D eigenvalue weighted by Crippen LogP contribution is 2.54. The van der Waals surface area contributed by atoms with Gasteiger partial charge in [-0.25, -0.2) is 0 Å². The number of halogens is 11. The molecule has 12 heteroatoms. The van der Waals surface area contributed by atoms with Crippen LogP contribution in [0.25, 0.3) is 0 Å². The predicted molar refractivity (Wildman–Crippen MR) is 46.0 cm³/mol. The Balaban J connectivity index is 5.73.